The molecule has 0 spiro atoms. The predicted octanol–water partition coefficient (Wildman–Crippen LogP) is 5.68. The zero-order valence-corrected chi connectivity index (χ0v) is 17.7. The fourth-order valence-electron chi connectivity index (χ4n) is 4.39. The van der Waals surface area contributed by atoms with E-state index in [0.717, 1.165) is 38.8 Å². The van der Waals surface area contributed by atoms with E-state index in [4.69, 9.17) is 27.9 Å². The summed E-state index contributed by atoms with van der Waals surface area (Å²) in [5.74, 6) is -0.441. The van der Waals surface area contributed by atoms with Gasteiger partial charge in [-0.15, -0.1) is 12.4 Å². The number of likely N-dealkylation sites (tertiary alicyclic amines) is 1. The van der Waals surface area contributed by atoms with E-state index in [1.165, 1.54) is 25.7 Å². The second-order valence-corrected chi connectivity index (χ2v) is 8.23. The van der Waals surface area contributed by atoms with E-state index in [1.807, 2.05) is 0 Å². The molecule has 1 N–H and O–H groups in total. The summed E-state index contributed by atoms with van der Waals surface area (Å²) in [7, 11) is 0. The number of carbonyl (C=O) groups is 1. The van der Waals surface area contributed by atoms with Crippen LogP contribution in [0.5, 0.6) is 5.75 Å². The number of rotatable bonds is 5. The molecule has 2 fully saturated rings. The minimum Gasteiger partial charge on any atom is -0.478 e. The first kappa shape index (κ1) is 22.6. The van der Waals surface area contributed by atoms with E-state index in [0.29, 0.717) is 15.8 Å². The van der Waals surface area contributed by atoms with Crippen LogP contribution in [0.25, 0.3) is 0 Å². The quantitative estimate of drug-likeness (QED) is 0.645. The van der Waals surface area contributed by atoms with E-state index in [2.05, 4.69) is 4.90 Å². The van der Waals surface area contributed by atoms with E-state index in [1.54, 1.807) is 18.2 Å². The molecule has 0 amide bonds. The van der Waals surface area contributed by atoms with Gasteiger partial charge in [0.1, 0.15) is 5.75 Å². The second-order valence-electron chi connectivity index (χ2n) is 7.42. The molecular formula is C20H28Cl3NO3. The van der Waals surface area contributed by atoms with Gasteiger partial charge in [-0.25, -0.2) is 4.79 Å². The monoisotopic (exact) mass is 435 g/mol. The minimum absolute atomic E-state index is 0. The predicted molar refractivity (Wildman–Crippen MR) is 112 cm³/mol. The number of hydrogen-bond donors (Lipinski definition) is 1. The number of aliphatic carboxylic acids is 1. The molecule has 1 heterocycles. The third-order valence-electron chi connectivity index (χ3n) is 5.68. The van der Waals surface area contributed by atoms with Crippen LogP contribution in [0.4, 0.5) is 0 Å². The summed E-state index contributed by atoms with van der Waals surface area (Å²) >= 11 is 12.0. The topological polar surface area (TPSA) is 49.8 Å². The highest BCUT2D eigenvalue weighted by atomic mass is 35.5. The van der Waals surface area contributed by atoms with Gasteiger partial charge in [0.25, 0.3) is 0 Å². The van der Waals surface area contributed by atoms with Crippen molar-refractivity contribution in [2.24, 2.45) is 5.92 Å². The van der Waals surface area contributed by atoms with Gasteiger partial charge >= 0.3 is 5.97 Å². The van der Waals surface area contributed by atoms with Crippen molar-refractivity contribution in [2.45, 2.75) is 63.5 Å². The fourth-order valence-corrected chi connectivity index (χ4v) is 4.68. The fraction of sp³-hybridized carbons (Fsp3) is 0.650. The normalized spacial score (nSPS) is 25.1. The lowest BCUT2D eigenvalue weighted by atomic mass is 9.79. The lowest BCUT2D eigenvalue weighted by Gasteiger charge is -2.41. The van der Waals surface area contributed by atoms with E-state index >= 15 is 0 Å². The Morgan fingerprint density at radius 1 is 1.04 bits per heavy atom. The average molecular weight is 437 g/mol. The maximum atomic E-state index is 12.0. The molecule has 0 bridgehead atoms. The van der Waals surface area contributed by atoms with Crippen LogP contribution in [-0.2, 0) is 4.79 Å². The van der Waals surface area contributed by atoms with Crippen LogP contribution in [0.15, 0.2) is 18.2 Å². The Morgan fingerprint density at radius 3 is 2.33 bits per heavy atom. The van der Waals surface area contributed by atoms with Gasteiger partial charge < -0.3 is 9.84 Å². The van der Waals surface area contributed by atoms with Crippen molar-refractivity contribution < 1.29 is 14.6 Å². The number of halogens is 3. The second kappa shape index (κ2) is 10.8. The highest BCUT2D eigenvalue weighted by Crippen LogP contribution is 2.35. The van der Waals surface area contributed by atoms with Crippen molar-refractivity contribution in [3.63, 3.8) is 0 Å². The van der Waals surface area contributed by atoms with Crippen molar-refractivity contribution in [2.75, 3.05) is 13.1 Å². The SMILES string of the molecule is Cl.O=C(O)C(Oc1ccc(Cl)c(Cl)c1)[C@@H]1CCCC[C@H]1N1CCCCCC1. The van der Waals surface area contributed by atoms with Crippen molar-refractivity contribution >= 4 is 41.6 Å². The van der Waals surface area contributed by atoms with Crippen LogP contribution in [-0.4, -0.2) is 41.2 Å². The molecule has 0 radical (unpaired) electrons. The zero-order chi connectivity index (χ0) is 18.5. The Morgan fingerprint density at radius 2 is 1.70 bits per heavy atom. The van der Waals surface area contributed by atoms with Crippen LogP contribution in [0.1, 0.15) is 51.4 Å². The molecule has 3 atom stereocenters. The number of carboxylic acids is 1. The lowest BCUT2D eigenvalue weighted by molar-refractivity contribution is -0.150. The third-order valence-corrected chi connectivity index (χ3v) is 6.42. The molecule has 4 nitrogen and oxygen atoms in total. The standard InChI is InChI=1S/C20H27Cl2NO3.ClH/c21-16-10-9-14(13-17(16)22)26-19(20(24)25)15-7-3-4-8-18(15)23-11-5-1-2-6-12-23;/h9-10,13,15,18-19H,1-8,11-12H2,(H,24,25);1H/t15-,18-,19?;/m1./s1. The van der Waals surface area contributed by atoms with Gasteiger partial charge in [-0.2, -0.15) is 0 Å². The van der Waals surface area contributed by atoms with Gasteiger partial charge in [-0.1, -0.05) is 48.9 Å². The first-order valence-electron chi connectivity index (χ1n) is 9.65. The molecule has 27 heavy (non-hydrogen) atoms. The summed E-state index contributed by atoms with van der Waals surface area (Å²) in [6, 6.07) is 5.22. The Balaban J connectivity index is 0.00000261. The van der Waals surface area contributed by atoms with Gasteiger partial charge in [-0.05, 0) is 50.9 Å². The molecule has 2 aliphatic rings. The Bertz CT molecular complexity index is 620. The summed E-state index contributed by atoms with van der Waals surface area (Å²) < 4.78 is 5.93. The largest absolute Gasteiger partial charge is 0.478 e. The van der Waals surface area contributed by atoms with E-state index < -0.39 is 12.1 Å². The number of nitrogens with zero attached hydrogens (tertiary/aromatic N) is 1. The molecular weight excluding hydrogens is 409 g/mol. The maximum absolute atomic E-state index is 12.0. The molecule has 1 aromatic rings. The van der Waals surface area contributed by atoms with Crippen molar-refractivity contribution in [1.29, 1.82) is 0 Å². The summed E-state index contributed by atoms with van der Waals surface area (Å²) in [6.07, 6.45) is 8.26. The lowest BCUT2D eigenvalue weighted by Crippen LogP contribution is -2.51. The van der Waals surface area contributed by atoms with Gasteiger partial charge in [0.15, 0.2) is 6.10 Å². The van der Waals surface area contributed by atoms with Gasteiger partial charge in [0, 0.05) is 18.0 Å². The maximum Gasteiger partial charge on any atom is 0.345 e. The Hall–Kier alpha value is -0.680. The molecule has 1 aliphatic carbocycles. The highest BCUT2D eigenvalue weighted by Gasteiger charge is 2.40. The molecule has 0 aromatic heterocycles. The molecule has 1 saturated heterocycles. The van der Waals surface area contributed by atoms with Crippen LogP contribution < -0.4 is 4.74 Å². The van der Waals surface area contributed by atoms with Crippen LogP contribution in [0.3, 0.4) is 0 Å². The van der Waals surface area contributed by atoms with E-state index in [-0.39, 0.29) is 24.4 Å². The number of benzene rings is 1. The summed E-state index contributed by atoms with van der Waals surface area (Å²) in [5, 5.41) is 10.7. The summed E-state index contributed by atoms with van der Waals surface area (Å²) in [6.45, 7) is 2.14. The molecule has 3 rings (SSSR count). The van der Waals surface area contributed by atoms with Gasteiger partial charge in [0.2, 0.25) is 0 Å². The van der Waals surface area contributed by atoms with Crippen molar-refractivity contribution in [3.8, 4) is 5.75 Å². The molecule has 152 valence electrons. The first-order chi connectivity index (χ1) is 12.6. The van der Waals surface area contributed by atoms with Crippen molar-refractivity contribution in [3.05, 3.63) is 28.2 Å². The van der Waals surface area contributed by atoms with Crippen LogP contribution in [0.2, 0.25) is 10.0 Å². The smallest absolute Gasteiger partial charge is 0.345 e. The Kier molecular flexibility index (Phi) is 9.00. The molecule has 1 aromatic carbocycles. The molecule has 1 unspecified atom stereocenters. The summed E-state index contributed by atoms with van der Waals surface area (Å²) in [4.78, 5) is 14.6. The first-order valence-corrected chi connectivity index (χ1v) is 10.4. The van der Waals surface area contributed by atoms with E-state index in [9.17, 15) is 9.90 Å². The average Bonchev–Trinajstić information content (AvgIpc) is 2.92. The number of carboxylic acid groups (broad SMARTS) is 1. The molecule has 7 heteroatoms. The third kappa shape index (κ3) is 5.90. The molecule has 1 aliphatic heterocycles. The summed E-state index contributed by atoms with van der Waals surface area (Å²) in [5.41, 5.74) is 0. The minimum atomic E-state index is -0.900. The van der Waals surface area contributed by atoms with Gasteiger partial charge in [-0.3, -0.25) is 4.90 Å². The Labute approximate surface area is 177 Å². The number of ether oxygens (including phenoxy) is 1. The highest BCUT2D eigenvalue weighted by molar-refractivity contribution is 6.42. The van der Waals surface area contributed by atoms with Crippen molar-refractivity contribution in [1.82, 2.24) is 4.90 Å². The van der Waals surface area contributed by atoms with Crippen LogP contribution in [0, 0.1) is 5.92 Å². The number of hydrogen-bond acceptors (Lipinski definition) is 3. The zero-order valence-electron chi connectivity index (χ0n) is 15.4. The van der Waals surface area contributed by atoms with Crippen LogP contribution >= 0.6 is 35.6 Å². The molecule has 1 saturated carbocycles. The van der Waals surface area contributed by atoms with Gasteiger partial charge in [0.05, 0.1) is 10.0 Å².